The zero-order valence-electron chi connectivity index (χ0n) is 11.4. The van der Waals surface area contributed by atoms with Crippen LogP contribution in [0, 0.1) is 0 Å². The van der Waals surface area contributed by atoms with E-state index in [2.05, 4.69) is 0 Å². The number of aromatic amines is 1. The number of H-pyrrole nitrogens is 1. The predicted octanol–water partition coefficient (Wildman–Crippen LogP) is -1.44. The molecule has 1 rings (SSSR count). The van der Waals surface area contributed by atoms with Crippen molar-refractivity contribution in [2.45, 2.75) is 44.3 Å². The third-order valence-electron chi connectivity index (χ3n) is 3.04. The van der Waals surface area contributed by atoms with Gasteiger partial charge in [0.15, 0.2) is 6.23 Å². The number of ether oxygens (including phenoxy) is 1. The summed E-state index contributed by atoms with van der Waals surface area (Å²) in [4.78, 5) is 24.6. The molecule has 20 heavy (non-hydrogen) atoms. The van der Waals surface area contributed by atoms with Crippen molar-refractivity contribution in [1.29, 1.82) is 0 Å². The van der Waals surface area contributed by atoms with Gasteiger partial charge in [0.2, 0.25) is 0 Å². The standard InChI is InChI=1S/C12H20N2O6/c1-3-7(15)6-8(16)10(18)11(20-2)14-5-4-9(17)13-12(14)19/h4-5,7-8,10-11,15-16,18H,3,6H2,1-2H3,(H,13,17,19)/t7-,8-,10-,11-/m1/s1. The Balaban J connectivity index is 2.94. The molecule has 114 valence electrons. The van der Waals surface area contributed by atoms with Gasteiger partial charge in [0.1, 0.15) is 6.10 Å². The molecule has 0 aliphatic heterocycles. The highest BCUT2D eigenvalue weighted by Gasteiger charge is 2.29. The molecule has 4 atom stereocenters. The maximum Gasteiger partial charge on any atom is 0.330 e. The Labute approximate surface area is 115 Å². The molecule has 0 spiro atoms. The van der Waals surface area contributed by atoms with Crippen molar-refractivity contribution in [2.75, 3.05) is 7.11 Å². The monoisotopic (exact) mass is 288 g/mol. The minimum atomic E-state index is -1.43. The highest BCUT2D eigenvalue weighted by atomic mass is 16.5. The van der Waals surface area contributed by atoms with Crippen LogP contribution in [0.1, 0.15) is 26.0 Å². The molecule has 8 heteroatoms. The zero-order chi connectivity index (χ0) is 15.3. The van der Waals surface area contributed by atoms with Gasteiger partial charge in [-0.25, -0.2) is 4.79 Å². The number of rotatable bonds is 7. The van der Waals surface area contributed by atoms with Crippen LogP contribution in [0.4, 0.5) is 0 Å². The Bertz CT molecular complexity index is 525. The lowest BCUT2D eigenvalue weighted by Gasteiger charge is -2.27. The van der Waals surface area contributed by atoms with E-state index in [0.717, 1.165) is 10.6 Å². The van der Waals surface area contributed by atoms with Crippen molar-refractivity contribution in [3.05, 3.63) is 33.1 Å². The Morgan fingerprint density at radius 1 is 1.35 bits per heavy atom. The van der Waals surface area contributed by atoms with Crippen LogP contribution in [-0.4, -0.2) is 50.3 Å². The van der Waals surface area contributed by atoms with Gasteiger partial charge in [-0.1, -0.05) is 6.92 Å². The highest BCUT2D eigenvalue weighted by Crippen LogP contribution is 2.17. The molecular formula is C12H20N2O6. The van der Waals surface area contributed by atoms with E-state index in [4.69, 9.17) is 4.74 Å². The van der Waals surface area contributed by atoms with Gasteiger partial charge in [-0.15, -0.1) is 0 Å². The van der Waals surface area contributed by atoms with Crippen LogP contribution in [0.5, 0.6) is 0 Å². The van der Waals surface area contributed by atoms with E-state index < -0.39 is 35.8 Å². The summed E-state index contributed by atoms with van der Waals surface area (Å²) in [5.41, 5.74) is -1.33. The third-order valence-corrected chi connectivity index (χ3v) is 3.04. The summed E-state index contributed by atoms with van der Waals surface area (Å²) >= 11 is 0. The van der Waals surface area contributed by atoms with Crippen molar-refractivity contribution in [3.63, 3.8) is 0 Å². The first kappa shape index (κ1) is 16.6. The number of methoxy groups -OCH3 is 1. The summed E-state index contributed by atoms with van der Waals surface area (Å²) in [6, 6.07) is 1.10. The first-order valence-corrected chi connectivity index (χ1v) is 6.29. The predicted molar refractivity (Wildman–Crippen MR) is 70.3 cm³/mol. The summed E-state index contributed by atoms with van der Waals surface area (Å²) in [5.74, 6) is 0. The maximum absolute atomic E-state index is 11.6. The van der Waals surface area contributed by atoms with Crippen molar-refractivity contribution in [2.24, 2.45) is 0 Å². The fourth-order valence-electron chi connectivity index (χ4n) is 1.82. The van der Waals surface area contributed by atoms with Gasteiger partial charge in [0.05, 0.1) is 12.2 Å². The molecule has 0 aromatic carbocycles. The lowest BCUT2D eigenvalue weighted by molar-refractivity contribution is -0.119. The Hall–Kier alpha value is -1.48. The topological polar surface area (TPSA) is 125 Å². The number of nitrogens with zero attached hydrogens (tertiary/aromatic N) is 1. The number of aromatic nitrogens is 2. The molecule has 0 bridgehead atoms. The SMILES string of the molecule is CC[C@@H](O)C[C@@H](O)[C@@H](O)[C@@H](OC)n1ccc(=O)[nH]c1=O. The number of aliphatic hydroxyl groups excluding tert-OH is 3. The van der Waals surface area contributed by atoms with E-state index in [1.165, 1.54) is 13.3 Å². The van der Waals surface area contributed by atoms with Gasteiger partial charge in [-0.2, -0.15) is 0 Å². The molecule has 1 aromatic heterocycles. The molecule has 0 aliphatic carbocycles. The van der Waals surface area contributed by atoms with E-state index in [-0.39, 0.29) is 6.42 Å². The minimum Gasteiger partial charge on any atom is -0.393 e. The third kappa shape index (κ3) is 4.01. The number of hydrogen-bond acceptors (Lipinski definition) is 6. The highest BCUT2D eigenvalue weighted by molar-refractivity contribution is 4.87. The molecule has 4 N–H and O–H groups in total. The first-order chi connectivity index (χ1) is 9.40. The largest absolute Gasteiger partial charge is 0.393 e. The van der Waals surface area contributed by atoms with Crippen LogP contribution < -0.4 is 11.2 Å². The lowest BCUT2D eigenvalue weighted by atomic mass is 10.0. The summed E-state index contributed by atoms with van der Waals surface area (Å²) in [6.45, 7) is 1.74. The van der Waals surface area contributed by atoms with Gasteiger partial charge in [-0.3, -0.25) is 14.3 Å². The number of aliphatic hydroxyl groups is 3. The normalized spacial score (nSPS) is 17.4. The van der Waals surface area contributed by atoms with E-state index >= 15 is 0 Å². The molecule has 1 aromatic rings. The smallest absolute Gasteiger partial charge is 0.330 e. The van der Waals surface area contributed by atoms with Crippen LogP contribution in [0.15, 0.2) is 21.9 Å². The molecule has 0 saturated carbocycles. The molecule has 1 heterocycles. The molecule has 0 saturated heterocycles. The molecular weight excluding hydrogens is 268 g/mol. The van der Waals surface area contributed by atoms with E-state index in [1.54, 1.807) is 6.92 Å². The molecule has 0 aliphatic rings. The first-order valence-electron chi connectivity index (χ1n) is 6.29. The van der Waals surface area contributed by atoms with Gasteiger partial charge >= 0.3 is 5.69 Å². The Kier molecular flexibility index (Phi) is 6.08. The van der Waals surface area contributed by atoms with Gasteiger partial charge in [0.25, 0.3) is 5.56 Å². The summed E-state index contributed by atoms with van der Waals surface area (Å²) in [5, 5.41) is 29.3. The van der Waals surface area contributed by atoms with Crippen molar-refractivity contribution in [3.8, 4) is 0 Å². The second kappa shape index (κ2) is 7.34. The van der Waals surface area contributed by atoms with Gasteiger partial charge in [0, 0.05) is 25.8 Å². The molecule has 0 fully saturated rings. The van der Waals surface area contributed by atoms with Crippen LogP contribution in [-0.2, 0) is 4.74 Å². The molecule has 0 unspecified atom stereocenters. The second-order valence-electron chi connectivity index (χ2n) is 4.50. The van der Waals surface area contributed by atoms with Crippen molar-refractivity contribution in [1.82, 2.24) is 9.55 Å². The fourth-order valence-corrected chi connectivity index (χ4v) is 1.82. The van der Waals surface area contributed by atoms with Crippen LogP contribution >= 0.6 is 0 Å². The fraction of sp³-hybridized carbons (Fsp3) is 0.667. The van der Waals surface area contributed by atoms with Gasteiger partial charge in [-0.05, 0) is 6.42 Å². The Morgan fingerprint density at radius 3 is 2.50 bits per heavy atom. The van der Waals surface area contributed by atoms with E-state index in [9.17, 15) is 24.9 Å². The average molecular weight is 288 g/mol. The van der Waals surface area contributed by atoms with E-state index in [1.807, 2.05) is 4.98 Å². The lowest BCUT2D eigenvalue weighted by Crippen LogP contribution is -2.43. The molecule has 8 nitrogen and oxygen atoms in total. The molecule has 0 radical (unpaired) electrons. The molecule has 0 amide bonds. The van der Waals surface area contributed by atoms with Crippen LogP contribution in [0.25, 0.3) is 0 Å². The number of hydrogen-bond donors (Lipinski definition) is 4. The quantitative estimate of drug-likeness (QED) is 0.487. The zero-order valence-corrected chi connectivity index (χ0v) is 11.4. The minimum absolute atomic E-state index is 0.0460. The maximum atomic E-state index is 11.6. The number of nitrogens with one attached hydrogen (secondary N) is 1. The van der Waals surface area contributed by atoms with Gasteiger partial charge < -0.3 is 20.1 Å². The van der Waals surface area contributed by atoms with Crippen LogP contribution in [0.3, 0.4) is 0 Å². The average Bonchev–Trinajstić information content (AvgIpc) is 2.41. The van der Waals surface area contributed by atoms with Crippen LogP contribution in [0.2, 0.25) is 0 Å². The Morgan fingerprint density at radius 2 is 2.00 bits per heavy atom. The van der Waals surface area contributed by atoms with Crippen molar-refractivity contribution >= 4 is 0 Å². The second-order valence-corrected chi connectivity index (χ2v) is 4.50. The summed E-state index contributed by atoms with van der Waals surface area (Å²) in [7, 11) is 1.26. The van der Waals surface area contributed by atoms with E-state index in [0.29, 0.717) is 6.42 Å². The summed E-state index contributed by atoms with van der Waals surface area (Å²) in [6.07, 6.45) is -3.07. The van der Waals surface area contributed by atoms with Crippen molar-refractivity contribution < 1.29 is 20.1 Å². The summed E-state index contributed by atoms with van der Waals surface area (Å²) < 4.78 is 5.97.